The van der Waals surface area contributed by atoms with E-state index in [0.29, 0.717) is 17.3 Å². The van der Waals surface area contributed by atoms with Crippen LogP contribution in [0, 0.1) is 6.92 Å². The molecule has 0 aliphatic rings. The Kier molecular flexibility index (Phi) is 5.39. The van der Waals surface area contributed by atoms with Crippen LogP contribution in [-0.4, -0.2) is 15.0 Å². The first kappa shape index (κ1) is 19.1. The number of aryl methyl sites for hydroxylation is 1. The summed E-state index contributed by atoms with van der Waals surface area (Å²) in [6.45, 7) is 1.92. The number of benzene rings is 2. The summed E-state index contributed by atoms with van der Waals surface area (Å²) >= 11 is 0. The normalized spacial score (nSPS) is 11.0. The fourth-order valence-electron chi connectivity index (χ4n) is 3.08. The van der Waals surface area contributed by atoms with Crippen LogP contribution in [0.25, 0.3) is 23.3 Å². The van der Waals surface area contributed by atoms with E-state index in [2.05, 4.69) is 15.0 Å². The number of rotatable bonds is 5. The van der Waals surface area contributed by atoms with E-state index in [0.717, 1.165) is 28.1 Å². The maximum absolute atomic E-state index is 6.20. The molecule has 2 heterocycles. The van der Waals surface area contributed by atoms with Crippen LogP contribution >= 0.6 is 0 Å². The Balaban J connectivity index is 1.65. The van der Waals surface area contributed by atoms with Crippen molar-refractivity contribution < 1.29 is 4.74 Å². The standard InChI is InChI=1S/C24H21N5O/c1-16-15-20(13-14-27-16)30-19-10-8-18(9-11-19)22-21(28-24(26)29-23(22)25)12-7-17-5-3-2-4-6-17/h2-15H,1H3,(H4,25,26,28,29)/b12-7+. The zero-order valence-electron chi connectivity index (χ0n) is 16.5. The molecule has 30 heavy (non-hydrogen) atoms. The Morgan fingerprint density at radius 3 is 2.33 bits per heavy atom. The lowest BCUT2D eigenvalue weighted by Crippen LogP contribution is -2.04. The Bertz CT molecular complexity index is 1190. The second-order valence-electron chi connectivity index (χ2n) is 6.73. The minimum Gasteiger partial charge on any atom is -0.457 e. The predicted octanol–water partition coefficient (Wildman–Crippen LogP) is 4.97. The number of aromatic nitrogens is 3. The van der Waals surface area contributed by atoms with Crippen molar-refractivity contribution in [2.45, 2.75) is 6.92 Å². The smallest absolute Gasteiger partial charge is 0.222 e. The summed E-state index contributed by atoms with van der Waals surface area (Å²) in [6.07, 6.45) is 5.58. The highest BCUT2D eigenvalue weighted by molar-refractivity contribution is 5.85. The largest absolute Gasteiger partial charge is 0.457 e. The van der Waals surface area contributed by atoms with Crippen LogP contribution in [0.1, 0.15) is 17.0 Å². The number of nitrogen functional groups attached to an aromatic ring is 2. The minimum absolute atomic E-state index is 0.136. The molecule has 0 saturated carbocycles. The van der Waals surface area contributed by atoms with Gasteiger partial charge in [0.1, 0.15) is 17.3 Å². The third-order valence-corrected chi connectivity index (χ3v) is 4.46. The van der Waals surface area contributed by atoms with Gasteiger partial charge in [-0.2, -0.15) is 4.98 Å². The number of anilines is 2. The van der Waals surface area contributed by atoms with Crippen LogP contribution in [0.5, 0.6) is 11.5 Å². The maximum Gasteiger partial charge on any atom is 0.222 e. The number of nitrogens with zero attached hydrogens (tertiary/aromatic N) is 3. The molecule has 4 aromatic rings. The Labute approximate surface area is 174 Å². The van der Waals surface area contributed by atoms with Crippen molar-refractivity contribution in [1.29, 1.82) is 0 Å². The van der Waals surface area contributed by atoms with Crippen molar-refractivity contribution in [1.82, 2.24) is 15.0 Å². The Hall–Kier alpha value is -4.19. The van der Waals surface area contributed by atoms with E-state index in [9.17, 15) is 0 Å². The van der Waals surface area contributed by atoms with Gasteiger partial charge in [0.15, 0.2) is 0 Å². The van der Waals surface area contributed by atoms with Crippen molar-refractivity contribution in [2.75, 3.05) is 11.5 Å². The number of nitrogens with two attached hydrogens (primary N) is 2. The van der Waals surface area contributed by atoms with Gasteiger partial charge in [-0.3, -0.25) is 4.98 Å². The van der Waals surface area contributed by atoms with Gasteiger partial charge in [-0.15, -0.1) is 0 Å². The average molecular weight is 395 g/mol. The molecular formula is C24H21N5O. The topological polar surface area (TPSA) is 99.9 Å². The molecule has 0 aliphatic carbocycles. The molecule has 0 aliphatic heterocycles. The van der Waals surface area contributed by atoms with E-state index in [1.807, 2.05) is 85.8 Å². The van der Waals surface area contributed by atoms with Crippen LogP contribution in [0.4, 0.5) is 11.8 Å². The molecule has 2 aromatic heterocycles. The van der Waals surface area contributed by atoms with E-state index >= 15 is 0 Å². The maximum atomic E-state index is 6.20. The zero-order valence-corrected chi connectivity index (χ0v) is 16.5. The highest BCUT2D eigenvalue weighted by Gasteiger charge is 2.12. The van der Waals surface area contributed by atoms with E-state index < -0.39 is 0 Å². The Morgan fingerprint density at radius 2 is 1.60 bits per heavy atom. The molecule has 2 aromatic carbocycles. The summed E-state index contributed by atoms with van der Waals surface area (Å²) < 4.78 is 5.90. The van der Waals surface area contributed by atoms with Gasteiger partial charge < -0.3 is 16.2 Å². The monoisotopic (exact) mass is 395 g/mol. The molecule has 4 N–H and O–H groups in total. The third kappa shape index (κ3) is 4.44. The molecule has 6 nitrogen and oxygen atoms in total. The van der Waals surface area contributed by atoms with Crippen LogP contribution < -0.4 is 16.2 Å². The summed E-state index contributed by atoms with van der Waals surface area (Å²) in [6, 6.07) is 21.3. The van der Waals surface area contributed by atoms with Gasteiger partial charge in [0.25, 0.3) is 0 Å². The summed E-state index contributed by atoms with van der Waals surface area (Å²) in [5, 5.41) is 0. The van der Waals surface area contributed by atoms with Crippen LogP contribution in [-0.2, 0) is 0 Å². The van der Waals surface area contributed by atoms with Crippen molar-refractivity contribution in [3.05, 3.63) is 89.9 Å². The van der Waals surface area contributed by atoms with E-state index in [1.54, 1.807) is 6.20 Å². The molecular weight excluding hydrogens is 374 g/mol. The summed E-state index contributed by atoms with van der Waals surface area (Å²) in [7, 11) is 0. The lowest BCUT2D eigenvalue weighted by atomic mass is 10.0. The summed E-state index contributed by atoms with van der Waals surface area (Å²) in [4.78, 5) is 12.7. The fraction of sp³-hybridized carbons (Fsp3) is 0.0417. The predicted molar refractivity (Wildman–Crippen MR) is 121 cm³/mol. The van der Waals surface area contributed by atoms with E-state index in [1.165, 1.54) is 0 Å². The zero-order chi connectivity index (χ0) is 20.9. The summed E-state index contributed by atoms with van der Waals surface area (Å²) in [5.74, 6) is 1.91. The van der Waals surface area contributed by atoms with Gasteiger partial charge in [-0.1, -0.05) is 48.5 Å². The van der Waals surface area contributed by atoms with Gasteiger partial charge in [-0.05, 0) is 42.3 Å². The average Bonchev–Trinajstić information content (AvgIpc) is 2.74. The second kappa shape index (κ2) is 8.45. The molecule has 0 amide bonds. The van der Waals surface area contributed by atoms with Crippen LogP contribution in [0.15, 0.2) is 72.9 Å². The number of hydrogen-bond donors (Lipinski definition) is 2. The van der Waals surface area contributed by atoms with Crippen molar-refractivity contribution in [3.63, 3.8) is 0 Å². The molecule has 0 atom stereocenters. The van der Waals surface area contributed by atoms with E-state index in [-0.39, 0.29) is 5.95 Å². The molecule has 0 saturated heterocycles. The van der Waals surface area contributed by atoms with E-state index in [4.69, 9.17) is 16.2 Å². The summed E-state index contributed by atoms with van der Waals surface area (Å²) in [5.41, 5.74) is 16.2. The molecule has 0 bridgehead atoms. The molecule has 6 heteroatoms. The lowest BCUT2D eigenvalue weighted by Gasteiger charge is -2.11. The van der Waals surface area contributed by atoms with Gasteiger partial charge in [0.05, 0.1) is 5.69 Å². The van der Waals surface area contributed by atoms with Crippen LogP contribution in [0.3, 0.4) is 0 Å². The molecule has 0 radical (unpaired) electrons. The van der Waals surface area contributed by atoms with Gasteiger partial charge >= 0.3 is 0 Å². The number of ether oxygens (including phenoxy) is 1. The van der Waals surface area contributed by atoms with Crippen molar-refractivity contribution in [2.24, 2.45) is 0 Å². The molecule has 0 spiro atoms. The highest BCUT2D eigenvalue weighted by Crippen LogP contribution is 2.32. The number of hydrogen-bond acceptors (Lipinski definition) is 6. The fourth-order valence-corrected chi connectivity index (χ4v) is 3.08. The molecule has 0 unspecified atom stereocenters. The van der Waals surface area contributed by atoms with Crippen molar-refractivity contribution in [3.8, 4) is 22.6 Å². The quantitative estimate of drug-likeness (QED) is 0.495. The van der Waals surface area contributed by atoms with Crippen molar-refractivity contribution >= 4 is 23.9 Å². The SMILES string of the molecule is Cc1cc(Oc2ccc(-c3c(N)nc(N)nc3/C=C/c3ccccc3)cc2)ccn1. The van der Waals surface area contributed by atoms with Crippen LogP contribution in [0.2, 0.25) is 0 Å². The number of pyridine rings is 1. The second-order valence-corrected chi connectivity index (χ2v) is 6.73. The first-order chi connectivity index (χ1) is 14.6. The Morgan fingerprint density at radius 1 is 0.833 bits per heavy atom. The first-order valence-corrected chi connectivity index (χ1v) is 9.45. The molecule has 0 fully saturated rings. The lowest BCUT2D eigenvalue weighted by molar-refractivity contribution is 0.481. The molecule has 148 valence electrons. The van der Waals surface area contributed by atoms with Gasteiger partial charge in [0.2, 0.25) is 5.95 Å². The third-order valence-electron chi connectivity index (χ3n) is 4.46. The van der Waals surface area contributed by atoms with Gasteiger partial charge in [-0.25, -0.2) is 4.98 Å². The minimum atomic E-state index is 0.136. The first-order valence-electron chi connectivity index (χ1n) is 9.45. The molecule has 4 rings (SSSR count). The highest BCUT2D eigenvalue weighted by atomic mass is 16.5. The van der Waals surface area contributed by atoms with Gasteiger partial charge in [0, 0.05) is 23.5 Å².